The molecule has 1 aromatic rings. The number of rotatable bonds is 2. The van der Waals surface area contributed by atoms with Crippen molar-refractivity contribution < 1.29 is 8.42 Å². The van der Waals surface area contributed by atoms with E-state index in [1.165, 1.54) is 6.42 Å². The maximum Gasteiger partial charge on any atom is 0.180 e. The molecule has 0 radical (unpaired) electrons. The quantitative estimate of drug-likeness (QED) is 0.848. The predicted octanol–water partition coefficient (Wildman–Crippen LogP) is 1.51. The summed E-state index contributed by atoms with van der Waals surface area (Å²) < 4.78 is 23.8. The SMILES string of the molecule is CC1CC1NC1CS(=O)(=O)c2ccccc21. The Bertz CT molecular complexity index is 524. The van der Waals surface area contributed by atoms with Gasteiger partial charge < -0.3 is 5.32 Å². The molecule has 1 fully saturated rings. The standard InChI is InChI=1S/C12H15NO2S/c1-8-6-10(8)13-11-7-16(14,15)12-5-3-2-4-9(11)12/h2-5,8,10-11,13H,6-7H2,1H3. The van der Waals surface area contributed by atoms with Crippen molar-refractivity contribution in [2.45, 2.75) is 30.3 Å². The van der Waals surface area contributed by atoms with E-state index in [1.807, 2.05) is 12.1 Å². The molecule has 3 atom stereocenters. The number of sulfone groups is 1. The molecule has 4 heteroatoms. The van der Waals surface area contributed by atoms with E-state index in [-0.39, 0.29) is 11.8 Å². The highest BCUT2D eigenvalue weighted by Crippen LogP contribution is 2.37. The second-order valence-electron chi connectivity index (χ2n) is 4.86. The first-order valence-corrected chi connectivity index (χ1v) is 7.31. The van der Waals surface area contributed by atoms with Gasteiger partial charge in [0.25, 0.3) is 0 Å². The Morgan fingerprint density at radius 1 is 1.31 bits per heavy atom. The minimum atomic E-state index is -3.05. The van der Waals surface area contributed by atoms with Crippen LogP contribution in [0.5, 0.6) is 0 Å². The highest BCUT2D eigenvalue weighted by Gasteiger charge is 2.40. The van der Waals surface area contributed by atoms with Gasteiger partial charge in [-0.15, -0.1) is 0 Å². The molecule has 1 heterocycles. The van der Waals surface area contributed by atoms with Gasteiger partial charge in [0, 0.05) is 12.1 Å². The van der Waals surface area contributed by atoms with Gasteiger partial charge in [-0.2, -0.15) is 0 Å². The van der Waals surface area contributed by atoms with Gasteiger partial charge in [0.2, 0.25) is 0 Å². The number of fused-ring (bicyclic) bond motifs is 1. The Morgan fingerprint density at radius 2 is 2.00 bits per heavy atom. The fourth-order valence-corrected chi connectivity index (χ4v) is 4.15. The third-order valence-electron chi connectivity index (χ3n) is 3.54. The second kappa shape index (κ2) is 3.31. The van der Waals surface area contributed by atoms with Crippen LogP contribution >= 0.6 is 0 Å². The van der Waals surface area contributed by atoms with Crippen LogP contribution in [0.4, 0.5) is 0 Å². The maximum absolute atomic E-state index is 11.9. The molecule has 86 valence electrons. The van der Waals surface area contributed by atoms with Crippen LogP contribution in [0.3, 0.4) is 0 Å². The molecule has 3 nitrogen and oxygen atoms in total. The van der Waals surface area contributed by atoms with Gasteiger partial charge in [-0.1, -0.05) is 25.1 Å². The fourth-order valence-electron chi connectivity index (χ4n) is 2.40. The predicted molar refractivity (Wildman–Crippen MR) is 61.9 cm³/mol. The largest absolute Gasteiger partial charge is 0.306 e. The zero-order chi connectivity index (χ0) is 11.3. The van der Waals surface area contributed by atoms with Crippen molar-refractivity contribution in [2.24, 2.45) is 5.92 Å². The summed E-state index contributed by atoms with van der Waals surface area (Å²) in [5, 5.41) is 3.44. The first-order chi connectivity index (χ1) is 7.58. The molecule has 2 aliphatic rings. The van der Waals surface area contributed by atoms with Crippen LogP contribution in [0.25, 0.3) is 0 Å². The minimum Gasteiger partial charge on any atom is -0.306 e. The average Bonchev–Trinajstić information content (AvgIpc) is 2.86. The number of hydrogen-bond donors (Lipinski definition) is 1. The molecular weight excluding hydrogens is 222 g/mol. The molecule has 16 heavy (non-hydrogen) atoms. The molecule has 1 saturated carbocycles. The van der Waals surface area contributed by atoms with Crippen molar-refractivity contribution in [3.63, 3.8) is 0 Å². The summed E-state index contributed by atoms with van der Waals surface area (Å²) in [6.45, 7) is 2.19. The highest BCUT2D eigenvalue weighted by atomic mass is 32.2. The lowest BCUT2D eigenvalue weighted by Gasteiger charge is -2.11. The summed E-state index contributed by atoms with van der Waals surface area (Å²) in [7, 11) is -3.05. The van der Waals surface area contributed by atoms with E-state index >= 15 is 0 Å². The molecule has 0 spiro atoms. The van der Waals surface area contributed by atoms with E-state index in [0.717, 1.165) is 5.56 Å². The lowest BCUT2D eigenvalue weighted by Crippen LogP contribution is -2.25. The molecule has 3 rings (SSSR count). The van der Waals surface area contributed by atoms with Crippen molar-refractivity contribution in [2.75, 3.05) is 5.75 Å². The molecule has 0 aromatic heterocycles. The van der Waals surface area contributed by atoms with Gasteiger partial charge in [-0.25, -0.2) is 8.42 Å². The summed E-state index contributed by atoms with van der Waals surface area (Å²) in [6, 6.07) is 7.83. The van der Waals surface area contributed by atoms with Gasteiger partial charge in [0.1, 0.15) is 0 Å². The van der Waals surface area contributed by atoms with Crippen LogP contribution in [0.1, 0.15) is 24.9 Å². The normalized spacial score (nSPS) is 34.7. The van der Waals surface area contributed by atoms with Crippen LogP contribution < -0.4 is 5.32 Å². The molecule has 1 aliphatic heterocycles. The monoisotopic (exact) mass is 237 g/mol. The number of hydrogen-bond acceptors (Lipinski definition) is 3. The molecular formula is C12H15NO2S. The second-order valence-corrected chi connectivity index (χ2v) is 6.86. The Hall–Kier alpha value is -0.870. The van der Waals surface area contributed by atoms with E-state index < -0.39 is 9.84 Å². The Kier molecular flexibility index (Phi) is 2.13. The summed E-state index contributed by atoms with van der Waals surface area (Å²) >= 11 is 0. The van der Waals surface area contributed by atoms with Crippen LogP contribution in [-0.4, -0.2) is 20.2 Å². The van der Waals surface area contributed by atoms with E-state index in [9.17, 15) is 8.42 Å². The fraction of sp³-hybridized carbons (Fsp3) is 0.500. The van der Waals surface area contributed by atoms with Crippen molar-refractivity contribution in [3.05, 3.63) is 29.8 Å². The third-order valence-corrected chi connectivity index (χ3v) is 5.35. The molecule has 3 unspecified atom stereocenters. The van der Waals surface area contributed by atoms with Crippen molar-refractivity contribution in [3.8, 4) is 0 Å². The summed E-state index contributed by atoms with van der Waals surface area (Å²) in [5.41, 5.74) is 0.946. The third kappa shape index (κ3) is 1.57. The molecule has 0 saturated heterocycles. The average molecular weight is 237 g/mol. The van der Waals surface area contributed by atoms with E-state index in [4.69, 9.17) is 0 Å². The van der Waals surface area contributed by atoms with Crippen LogP contribution in [0, 0.1) is 5.92 Å². The highest BCUT2D eigenvalue weighted by molar-refractivity contribution is 7.91. The number of benzene rings is 1. The van der Waals surface area contributed by atoms with Gasteiger partial charge >= 0.3 is 0 Å². The molecule has 1 aliphatic carbocycles. The van der Waals surface area contributed by atoms with Crippen molar-refractivity contribution in [1.29, 1.82) is 0 Å². The van der Waals surface area contributed by atoms with Crippen molar-refractivity contribution >= 4 is 9.84 Å². The zero-order valence-electron chi connectivity index (χ0n) is 9.18. The summed E-state index contributed by atoms with van der Waals surface area (Å²) in [4.78, 5) is 0.515. The number of nitrogens with one attached hydrogen (secondary N) is 1. The smallest absolute Gasteiger partial charge is 0.180 e. The van der Waals surface area contributed by atoms with E-state index in [0.29, 0.717) is 16.9 Å². The topological polar surface area (TPSA) is 46.2 Å². The Balaban J connectivity index is 1.94. The molecule has 0 bridgehead atoms. The Morgan fingerprint density at radius 3 is 2.69 bits per heavy atom. The first kappa shape index (κ1) is 10.3. The van der Waals surface area contributed by atoms with Crippen LogP contribution in [0.15, 0.2) is 29.2 Å². The van der Waals surface area contributed by atoms with Crippen LogP contribution in [-0.2, 0) is 9.84 Å². The Labute approximate surface area is 95.8 Å². The molecule has 0 amide bonds. The van der Waals surface area contributed by atoms with Gasteiger partial charge in [0.15, 0.2) is 9.84 Å². The zero-order valence-corrected chi connectivity index (χ0v) is 10.00. The van der Waals surface area contributed by atoms with Gasteiger partial charge in [-0.3, -0.25) is 0 Å². The molecule has 1 N–H and O–H groups in total. The minimum absolute atomic E-state index is 0.00356. The lowest BCUT2D eigenvalue weighted by atomic mass is 10.1. The summed E-state index contributed by atoms with van der Waals surface area (Å²) in [6.07, 6.45) is 1.17. The maximum atomic E-state index is 11.9. The van der Waals surface area contributed by atoms with Gasteiger partial charge in [-0.05, 0) is 24.0 Å². The lowest BCUT2D eigenvalue weighted by molar-refractivity contribution is 0.549. The molecule has 1 aromatic carbocycles. The van der Waals surface area contributed by atoms with Gasteiger partial charge in [0.05, 0.1) is 10.6 Å². The first-order valence-electron chi connectivity index (χ1n) is 5.65. The van der Waals surface area contributed by atoms with Crippen LogP contribution in [0.2, 0.25) is 0 Å². The van der Waals surface area contributed by atoms with E-state index in [2.05, 4.69) is 12.2 Å². The van der Waals surface area contributed by atoms with Crippen molar-refractivity contribution in [1.82, 2.24) is 5.32 Å². The van der Waals surface area contributed by atoms with E-state index in [1.54, 1.807) is 12.1 Å². The summed E-state index contributed by atoms with van der Waals surface area (Å²) in [5.74, 6) is 0.908.